The fourth-order valence-corrected chi connectivity index (χ4v) is 1.13. The highest BCUT2D eigenvalue weighted by Crippen LogP contribution is 2.04. The molecule has 0 aliphatic rings. The number of nitrogens with zero attached hydrogens (tertiary/aromatic N) is 2. The molecule has 0 unspecified atom stereocenters. The van der Waals surface area contributed by atoms with Gasteiger partial charge in [0.2, 0.25) is 0 Å². The maximum absolute atomic E-state index is 11.6. The molecular weight excluding hydrogens is 210 g/mol. The van der Waals surface area contributed by atoms with Crippen LogP contribution in [0.5, 0.6) is 0 Å². The third-order valence-electron chi connectivity index (χ3n) is 1.77. The minimum Gasteiger partial charge on any atom is -0.389 e. The van der Waals surface area contributed by atoms with Crippen LogP contribution < -0.4 is 5.32 Å². The molecule has 0 aliphatic carbocycles. The van der Waals surface area contributed by atoms with Crippen LogP contribution in [0.4, 0.5) is 0 Å². The van der Waals surface area contributed by atoms with E-state index in [9.17, 15) is 14.7 Å². The molecule has 0 saturated heterocycles. The Balaban J connectivity index is 4.43. The lowest BCUT2D eigenvalue weighted by Crippen LogP contribution is -2.48. The summed E-state index contributed by atoms with van der Waals surface area (Å²) >= 11 is 0. The van der Waals surface area contributed by atoms with Gasteiger partial charge in [0, 0.05) is 13.1 Å². The second-order valence-corrected chi connectivity index (χ2v) is 3.97. The monoisotopic (exact) mass is 227 g/mol. The molecule has 0 atom stereocenters. The molecule has 0 rings (SSSR count). The molecule has 0 aromatic heterocycles. The molecule has 0 heterocycles. The molecule has 0 aliphatic heterocycles. The number of hydrogen-bond donors (Lipinski definition) is 2. The van der Waals surface area contributed by atoms with Crippen LogP contribution >= 0.6 is 0 Å². The van der Waals surface area contributed by atoms with E-state index in [-0.39, 0.29) is 13.1 Å². The second kappa shape index (κ2) is 6.08. The third kappa shape index (κ3) is 5.32. The first-order valence-electron chi connectivity index (χ1n) is 4.98. The van der Waals surface area contributed by atoms with Crippen molar-refractivity contribution in [2.75, 3.05) is 19.6 Å². The van der Waals surface area contributed by atoms with Gasteiger partial charge in [-0.15, -0.1) is 0 Å². The molecule has 0 aromatic carbocycles. The van der Waals surface area contributed by atoms with Gasteiger partial charge in [-0.3, -0.25) is 9.59 Å². The van der Waals surface area contributed by atoms with E-state index in [1.54, 1.807) is 26.8 Å². The zero-order chi connectivity index (χ0) is 12.8. The molecule has 2 amide bonds. The number of nitriles is 1. The van der Waals surface area contributed by atoms with Crippen molar-refractivity contribution in [2.24, 2.45) is 0 Å². The quantitative estimate of drug-likeness (QED) is 0.488. The molecule has 90 valence electrons. The van der Waals surface area contributed by atoms with Gasteiger partial charge < -0.3 is 15.3 Å². The Kier molecular flexibility index (Phi) is 5.47. The zero-order valence-electron chi connectivity index (χ0n) is 9.78. The number of aliphatic hydroxyl groups is 1. The van der Waals surface area contributed by atoms with Crippen LogP contribution in [0.25, 0.3) is 0 Å². The zero-order valence-corrected chi connectivity index (χ0v) is 9.78. The molecule has 2 N–H and O–H groups in total. The maximum atomic E-state index is 11.6. The Bertz CT molecular complexity index is 301. The summed E-state index contributed by atoms with van der Waals surface area (Å²) in [4.78, 5) is 24.0. The van der Waals surface area contributed by atoms with E-state index >= 15 is 0 Å². The minimum absolute atomic E-state index is 0.0717. The van der Waals surface area contributed by atoms with Gasteiger partial charge in [-0.2, -0.15) is 5.26 Å². The molecule has 0 fully saturated rings. The Morgan fingerprint density at radius 3 is 2.44 bits per heavy atom. The van der Waals surface area contributed by atoms with E-state index in [0.717, 1.165) is 0 Å². The molecular formula is C10H17N3O3. The van der Waals surface area contributed by atoms with Gasteiger partial charge >= 0.3 is 11.8 Å². The van der Waals surface area contributed by atoms with Gasteiger partial charge in [0.1, 0.15) is 6.54 Å². The largest absolute Gasteiger partial charge is 0.389 e. The smallest absolute Gasteiger partial charge is 0.311 e. The average Bonchev–Trinajstić information content (AvgIpc) is 2.20. The number of amides is 2. The highest BCUT2D eigenvalue weighted by molar-refractivity contribution is 6.35. The van der Waals surface area contributed by atoms with E-state index in [1.165, 1.54) is 4.90 Å². The molecule has 16 heavy (non-hydrogen) atoms. The van der Waals surface area contributed by atoms with Crippen LogP contribution in [-0.2, 0) is 9.59 Å². The summed E-state index contributed by atoms with van der Waals surface area (Å²) in [6, 6.07) is 1.71. The summed E-state index contributed by atoms with van der Waals surface area (Å²) in [6.07, 6.45) is 0. The molecule has 6 heteroatoms. The maximum Gasteiger partial charge on any atom is 0.311 e. The van der Waals surface area contributed by atoms with Gasteiger partial charge in [0.05, 0.1) is 11.7 Å². The van der Waals surface area contributed by atoms with Crippen molar-refractivity contribution < 1.29 is 14.7 Å². The van der Waals surface area contributed by atoms with E-state index in [2.05, 4.69) is 5.32 Å². The Hall–Kier alpha value is -1.61. The molecule has 0 spiro atoms. The normalized spacial score (nSPS) is 10.4. The summed E-state index contributed by atoms with van der Waals surface area (Å²) in [5, 5.41) is 20.0. The highest BCUT2D eigenvalue weighted by Gasteiger charge is 2.25. The van der Waals surface area contributed by atoms with Crippen LogP contribution in [0.2, 0.25) is 0 Å². The second-order valence-electron chi connectivity index (χ2n) is 3.97. The van der Waals surface area contributed by atoms with Gasteiger partial charge in [0.15, 0.2) is 0 Å². The number of likely N-dealkylation sites (N-methyl/N-ethyl adjacent to an activating group) is 1. The number of rotatable bonds is 4. The van der Waals surface area contributed by atoms with E-state index < -0.39 is 17.4 Å². The lowest BCUT2D eigenvalue weighted by atomic mass is 10.1. The average molecular weight is 227 g/mol. The first-order valence-corrected chi connectivity index (χ1v) is 4.98. The highest BCUT2D eigenvalue weighted by atomic mass is 16.3. The third-order valence-corrected chi connectivity index (χ3v) is 1.77. The van der Waals surface area contributed by atoms with Crippen LogP contribution in [0.3, 0.4) is 0 Å². The number of carbonyl (C=O) groups is 2. The van der Waals surface area contributed by atoms with Gasteiger partial charge in [0.25, 0.3) is 0 Å². The van der Waals surface area contributed by atoms with Crippen molar-refractivity contribution in [1.29, 1.82) is 5.26 Å². The number of nitrogens with one attached hydrogen (secondary N) is 1. The van der Waals surface area contributed by atoms with Crippen molar-refractivity contribution >= 4 is 11.8 Å². The fraction of sp³-hybridized carbons (Fsp3) is 0.700. The Morgan fingerprint density at radius 2 is 2.06 bits per heavy atom. The van der Waals surface area contributed by atoms with E-state index in [0.29, 0.717) is 6.54 Å². The van der Waals surface area contributed by atoms with Crippen molar-refractivity contribution in [3.63, 3.8) is 0 Å². The summed E-state index contributed by atoms with van der Waals surface area (Å²) in [5.41, 5.74) is -1.05. The summed E-state index contributed by atoms with van der Waals surface area (Å²) in [7, 11) is 0. The van der Waals surface area contributed by atoms with E-state index in [4.69, 9.17) is 5.26 Å². The lowest BCUT2D eigenvalue weighted by Gasteiger charge is -2.27. The number of carbonyl (C=O) groups excluding carboxylic acids is 2. The Morgan fingerprint density at radius 1 is 1.50 bits per heavy atom. The van der Waals surface area contributed by atoms with E-state index in [1.807, 2.05) is 0 Å². The molecule has 6 nitrogen and oxygen atoms in total. The summed E-state index contributed by atoms with van der Waals surface area (Å²) in [6.45, 7) is 5.00. The summed E-state index contributed by atoms with van der Waals surface area (Å²) in [5.74, 6) is -1.56. The molecule has 0 radical (unpaired) electrons. The van der Waals surface area contributed by atoms with Crippen LogP contribution in [0.15, 0.2) is 0 Å². The van der Waals surface area contributed by atoms with Crippen LogP contribution in [-0.4, -0.2) is 47.1 Å². The summed E-state index contributed by atoms with van der Waals surface area (Å²) < 4.78 is 0. The van der Waals surface area contributed by atoms with Crippen molar-refractivity contribution in [2.45, 2.75) is 26.4 Å². The Labute approximate surface area is 94.8 Å². The van der Waals surface area contributed by atoms with Crippen molar-refractivity contribution in [3.05, 3.63) is 0 Å². The first-order chi connectivity index (χ1) is 7.31. The van der Waals surface area contributed by atoms with Crippen LogP contribution in [0, 0.1) is 11.3 Å². The SMILES string of the molecule is CCN(CC(C)(C)O)C(=O)C(=O)NCC#N. The van der Waals surface area contributed by atoms with Crippen LogP contribution in [0.1, 0.15) is 20.8 Å². The van der Waals surface area contributed by atoms with Gasteiger partial charge in [-0.05, 0) is 20.8 Å². The standard InChI is InChI=1S/C10H17N3O3/c1-4-13(7-10(2,3)16)9(15)8(14)12-6-5-11/h16H,4,6-7H2,1-3H3,(H,12,14). The van der Waals surface area contributed by atoms with Gasteiger partial charge in [-0.1, -0.05) is 0 Å². The number of hydrogen-bond acceptors (Lipinski definition) is 4. The minimum atomic E-state index is -1.05. The van der Waals surface area contributed by atoms with Gasteiger partial charge in [-0.25, -0.2) is 0 Å². The topological polar surface area (TPSA) is 93.4 Å². The van der Waals surface area contributed by atoms with Crippen molar-refractivity contribution in [1.82, 2.24) is 10.2 Å². The predicted molar refractivity (Wildman–Crippen MR) is 57.2 cm³/mol. The molecule has 0 bridgehead atoms. The molecule has 0 aromatic rings. The lowest BCUT2D eigenvalue weighted by molar-refractivity contribution is -0.147. The molecule has 0 saturated carbocycles. The fourth-order valence-electron chi connectivity index (χ4n) is 1.13. The van der Waals surface area contributed by atoms with Crippen molar-refractivity contribution in [3.8, 4) is 6.07 Å². The predicted octanol–water partition coefficient (Wildman–Crippen LogP) is -0.754. The first kappa shape index (κ1) is 14.4.